The first-order chi connectivity index (χ1) is 9.66. The van der Waals surface area contributed by atoms with Gasteiger partial charge in [-0.2, -0.15) is 5.10 Å². The van der Waals surface area contributed by atoms with Crippen molar-refractivity contribution in [2.24, 2.45) is 0 Å². The SMILES string of the molecule is Cc1[nH]ncc1S(=O)(=O)Nc1c(F)c(F)c(F)c(F)c1F. The van der Waals surface area contributed by atoms with Gasteiger partial charge in [-0.05, 0) is 6.92 Å². The van der Waals surface area contributed by atoms with Gasteiger partial charge in [0.2, 0.25) is 5.82 Å². The van der Waals surface area contributed by atoms with Crippen molar-refractivity contribution >= 4 is 15.7 Å². The Bertz CT molecular complexity index is 789. The van der Waals surface area contributed by atoms with Gasteiger partial charge in [-0.25, -0.2) is 30.4 Å². The van der Waals surface area contributed by atoms with Gasteiger partial charge in [0.15, 0.2) is 23.3 Å². The highest BCUT2D eigenvalue weighted by atomic mass is 32.2. The number of aromatic amines is 1. The average molecular weight is 327 g/mol. The number of aromatic nitrogens is 2. The number of aryl methyl sites for hydroxylation is 1. The minimum Gasteiger partial charge on any atom is -0.281 e. The summed E-state index contributed by atoms with van der Waals surface area (Å²) >= 11 is 0. The van der Waals surface area contributed by atoms with E-state index in [-0.39, 0.29) is 5.69 Å². The topological polar surface area (TPSA) is 74.8 Å². The fourth-order valence-corrected chi connectivity index (χ4v) is 2.69. The summed E-state index contributed by atoms with van der Waals surface area (Å²) in [4.78, 5) is -0.494. The molecule has 114 valence electrons. The van der Waals surface area contributed by atoms with E-state index >= 15 is 0 Å². The van der Waals surface area contributed by atoms with E-state index in [0.29, 0.717) is 0 Å². The largest absolute Gasteiger partial charge is 0.281 e. The van der Waals surface area contributed by atoms with Crippen LogP contribution in [0.1, 0.15) is 5.69 Å². The van der Waals surface area contributed by atoms with Gasteiger partial charge < -0.3 is 0 Å². The number of benzene rings is 1. The number of anilines is 1. The molecule has 1 heterocycles. The van der Waals surface area contributed by atoms with Crippen molar-refractivity contribution in [1.82, 2.24) is 10.2 Å². The molecule has 0 amide bonds. The molecule has 0 spiro atoms. The molecule has 1 aromatic carbocycles. The van der Waals surface area contributed by atoms with Crippen LogP contribution in [0, 0.1) is 36.0 Å². The molecule has 0 saturated heterocycles. The quantitative estimate of drug-likeness (QED) is 0.516. The summed E-state index contributed by atoms with van der Waals surface area (Å²) in [7, 11) is -4.57. The van der Waals surface area contributed by atoms with Crippen molar-refractivity contribution in [2.45, 2.75) is 11.8 Å². The number of H-pyrrole nitrogens is 1. The summed E-state index contributed by atoms with van der Waals surface area (Å²) in [5.41, 5.74) is -1.64. The molecule has 0 radical (unpaired) electrons. The first kappa shape index (κ1) is 15.2. The minimum absolute atomic E-state index is 0.0198. The third-order valence-electron chi connectivity index (χ3n) is 2.52. The second kappa shape index (κ2) is 4.98. The van der Waals surface area contributed by atoms with Crippen LogP contribution in [0.4, 0.5) is 27.6 Å². The van der Waals surface area contributed by atoms with Crippen molar-refractivity contribution in [3.8, 4) is 0 Å². The monoisotopic (exact) mass is 327 g/mol. The van der Waals surface area contributed by atoms with Gasteiger partial charge in [-0.1, -0.05) is 0 Å². The Morgan fingerprint density at radius 2 is 1.48 bits per heavy atom. The van der Waals surface area contributed by atoms with Crippen LogP contribution in [0.5, 0.6) is 0 Å². The highest BCUT2D eigenvalue weighted by Crippen LogP contribution is 2.29. The lowest BCUT2D eigenvalue weighted by Gasteiger charge is -2.10. The summed E-state index contributed by atoms with van der Waals surface area (Å²) in [6.45, 7) is 1.29. The van der Waals surface area contributed by atoms with Crippen LogP contribution in [-0.4, -0.2) is 18.6 Å². The highest BCUT2D eigenvalue weighted by Gasteiger charge is 2.29. The van der Waals surface area contributed by atoms with Crippen LogP contribution in [0.2, 0.25) is 0 Å². The molecule has 2 aromatic rings. The molecule has 21 heavy (non-hydrogen) atoms. The second-order valence-corrected chi connectivity index (χ2v) is 5.56. The summed E-state index contributed by atoms with van der Waals surface area (Å²) < 4.78 is 90.7. The molecule has 1 aromatic heterocycles. The standard InChI is InChI=1S/C10H6F5N3O2S/c1-3-4(2-16-17-3)21(19,20)18-10-8(14)6(12)5(11)7(13)9(10)15/h2,18H,1H3,(H,16,17). The predicted molar refractivity (Wildman–Crippen MR) is 60.4 cm³/mol. The molecular weight excluding hydrogens is 321 g/mol. The predicted octanol–water partition coefficient (Wildman–Crippen LogP) is 2.21. The van der Waals surface area contributed by atoms with Crippen LogP contribution in [-0.2, 0) is 10.0 Å². The van der Waals surface area contributed by atoms with Crippen LogP contribution >= 0.6 is 0 Å². The fraction of sp³-hybridized carbons (Fsp3) is 0.100. The maximum absolute atomic E-state index is 13.4. The molecule has 2 N–H and O–H groups in total. The smallest absolute Gasteiger partial charge is 0.265 e. The van der Waals surface area contributed by atoms with E-state index in [1.807, 2.05) is 0 Å². The van der Waals surface area contributed by atoms with Gasteiger partial charge in [-0.3, -0.25) is 9.82 Å². The van der Waals surface area contributed by atoms with Crippen molar-refractivity contribution in [2.75, 3.05) is 4.72 Å². The van der Waals surface area contributed by atoms with Crippen molar-refractivity contribution < 1.29 is 30.4 Å². The Kier molecular flexibility index (Phi) is 3.61. The van der Waals surface area contributed by atoms with Crippen LogP contribution in [0.15, 0.2) is 11.1 Å². The zero-order chi connectivity index (χ0) is 15.9. The summed E-state index contributed by atoms with van der Waals surface area (Å²) in [5, 5.41) is 5.64. The molecule has 0 aliphatic carbocycles. The Balaban J connectivity index is 2.58. The lowest BCUT2D eigenvalue weighted by atomic mass is 10.2. The van der Waals surface area contributed by atoms with E-state index < -0.39 is 49.7 Å². The molecule has 0 fully saturated rings. The molecule has 2 rings (SSSR count). The van der Waals surface area contributed by atoms with E-state index in [2.05, 4.69) is 10.2 Å². The number of nitrogens with zero attached hydrogens (tertiary/aromatic N) is 1. The lowest BCUT2D eigenvalue weighted by Crippen LogP contribution is -2.17. The molecule has 11 heteroatoms. The highest BCUT2D eigenvalue weighted by molar-refractivity contribution is 7.92. The lowest BCUT2D eigenvalue weighted by molar-refractivity contribution is 0.382. The molecule has 0 unspecified atom stereocenters. The average Bonchev–Trinajstić information content (AvgIpc) is 2.86. The Morgan fingerprint density at radius 3 is 1.90 bits per heavy atom. The van der Waals surface area contributed by atoms with Crippen LogP contribution in [0.3, 0.4) is 0 Å². The summed E-state index contributed by atoms with van der Waals surface area (Å²) in [6, 6.07) is 0. The number of nitrogens with one attached hydrogen (secondary N) is 2. The van der Waals surface area contributed by atoms with Crippen molar-refractivity contribution in [3.05, 3.63) is 41.0 Å². The van der Waals surface area contributed by atoms with E-state index in [4.69, 9.17) is 0 Å². The number of halogens is 5. The van der Waals surface area contributed by atoms with Gasteiger partial charge in [0.05, 0.1) is 11.9 Å². The molecular formula is C10H6F5N3O2S. The first-order valence-corrected chi connectivity index (χ1v) is 6.69. The number of sulfonamides is 1. The minimum atomic E-state index is -4.57. The summed E-state index contributed by atoms with van der Waals surface area (Å²) in [6.07, 6.45) is 0.823. The maximum Gasteiger partial charge on any atom is 0.265 e. The Morgan fingerprint density at radius 1 is 1.00 bits per heavy atom. The number of hydrogen-bond acceptors (Lipinski definition) is 3. The van der Waals surface area contributed by atoms with E-state index in [1.165, 1.54) is 11.6 Å². The third-order valence-corrected chi connectivity index (χ3v) is 3.98. The molecule has 0 atom stereocenters. The molecule has 0 aliphatic rings. The zero-order valence-electron chi connectivity index (χ0n) is 10.1. The molecule has 0 bridgehead atoms. The van der Waals surface area contributed by atoms with Crippen molar-refractivity contribution in [1.29, 1.82) is 0 Å². The number of rotatable bonds is 3. The zero-order valence-corrected chi connectivity index (χ0v) is 11.0. The normalized spacial score (nSPS) is 11.7. The first-order valence-electron chi connectivity index (χ1n) is 5.21. The third kappa shape index (κ3) is 2.44. The molecule has 0 saturated carbocycles. The van der Waals surface area contributed by atoms with Gasteiger partial charge in [0.25, 0.3) is 10.0 Å². The van der Waals surface area contributed by atoms with Gasteiger partial charge in [0.1, 0.15) is 10.6 Å². The van der Waals surface area contributed by atoms with Gasteiger partial charge >= 0.3 is 0 Å². The van der Waals surface area contributed by atoms with Crippen molar-refractivity contribution in [3.63, 3.8) is 0 Å². The number of hydrogen-bond donors (Lipinski definition) is 2. The Hall–Kier alpha value is -2.17. The van der Waals surface area contributed by atoms with Crippen LogP contribution < -0.4 is 4.72 Å². The van der Waals surface area contributed by atoms with E-state index in [9.17, 15) is 30.4 Å². The second-order valence-electron chi connectivity index (χ2n) is 3.91. The maximum atomic E-state index is 13.4. The van der Waals surface area contributed by atoms with Crippen LogP contribution in [0.25, 0.3) is 0 Å². The molecule has 0 aliphatic heterocycles. The Labute approximate surface area is 114 Å². The van der Waals surface area contributed by atoms with Gasteiger partial charge in [0, 0.05) is 0 Å². The van der Waals surface area contributed by atoms with E-state index in [0.717, 1.165) is 6.20 Å². The molecule has 5 nitrogen and oxygen atoms in total. The summed E-state index contributed by atoms with van der Waals surface area (Å²) in [5.74, 6) is -11.5. The van der Waals surface area contributed by atoms with Gasteiger partial charge in [-0.15, -0.1) is 0 Å². The van der Waals surface area contributed by atoms with E-state index in [1.54, 1.807) is 0 Å². The fourth-order valence-electron chi connectivity index (χ4n) is 1.49.